The molecule has 0 unspecified atom stereocenters. The van der Waals surface area contributed by atoms with Crippen molar-refractivity contribution in [3.8, 4) is 17.0 Å². The summed E-state index contributed by atoms with van der Waals surface area (Å²) in [5.41, 5.74) is 5.05. The number of hydrogen-bond acceptors (Lipinski definition) is 4. The van der Waals surface area contributed by atoms with E-state index in [9.17, 15) is 14.7 Å². The molecule has 0 atom stereocenters. The molecule has 0 bridgehead atoms. The lowest BCUT2D eigenvalue weighted by Gasteiger charge is -2.23. The highest BCUT2D eigenvalue weighted by molar-refractivity contribution is 7.21. The quantitative estimate of drug-likeness (QED) is 0.291. The second-order valence-electron chi connectivity index (χ2n) is 9.30. The van der Waals surface area contributed by atoms with Crippen LogP contribution in [0.5, 0.6) is 5.75 Å². The third-order valence-corrected chi connectivity index (χ3v) is 8.14. The maximum absolute atomic E-state index is 13.2. The van der Waals surface area contributed by atoms with E-state index in [4.69, 9.17) is 4.74 Å². The van der Waals surface area contributed by atoms with E-state index in [2.05, 4.69) is 5.32 Å². The van der Waals surface area contributed by atoms with Gasteiger partial charge in [-0.05, 0) is 65.8 Å². The number of rotatable bonds is 8. The monoisotopic (exact) mass is 502 g/mol. The standard InChI is InChI=1S/C29H30N2O4S/c1-35-22-14-12-21(13-15-22)27-26(20-10-6-3-7-11-20)28-23(16-24(36-28)29(33)34)31(27)18-25(32)30-17-19-8-4-2-5-9-19/h2,4-5,8-9,12-16,20H,3,6-7,10-11,17-18H2,1H3,(H,30,32)(H,33,34). The van der Waals surface area contributed by atoms with Crippen molar-refractivity contribution in [3.05, 3.63) is 76.7 Å². The largest absolute Gasteiger partial charge is 0.497 e. The number of aromatic nitrogens is 1. The fourth-order valence-electron chi connectivity index (χ4n) is 5.24. The Bertz CT molecular complexity index is 1370. The number of methoxy groups -OCH3 is 1. The Morgan fingerprint density at radius 1 is 1.06 bits per heavy atom. The van der Waals surface area contributed by atoms with E-state index in [1.807, 2.05) is 59.2 Å². The van der Waals surface area contributed by atoms with E-state index >= 15 is 0 Å². The van der Waals surface area contributed by atoms with Gasteiger partial charge in [0.05, 0.1) is 23.0 Å². The number of nitrogens with one attached hydrogen (secondary N) is 1. The fourth-order valence-corrected chi connectivity index (χ4v) is 6.37. The minimum Gasteiger partial charge on any atom is -0.497 e. The highest BCUT2D eigenvalue weighted by Crippen LogP contribution is 2.47. The Morgan fingerprint density at radius 2 is 1.78 bits per heavy atom. The average Bonchev–Trinajstić information content (AvgIpc) is 3.47. The summed E-state index contributed by atoms with van der Waals surface area (Å²) in [5, 5.41) is 12.8. The Labute approximate surface area is 214 Å². The number of hydrogen-bond donors (Lipinski definition) is 2. The first-order valence-electron chi connectivity index (χ1n) is 12.4. The van der Waals surface area contributed by atoms with Gasteiger partial charge in [-0.3, -0.25) is 4.79 Å². The Morgan fingerprint density at radius 3 is 2.44 bits per heavy atom. The van der Waals surface area contributed by atoms with Crippen molar-refractivity contribution in [3.63, 3.8) is 0 Å². The zero-order valence-electron chi connectivity index (χ0n) is 20.3. The van der Waals surface area contributed by atoms with Crippen LogP contribution in [0.25, 0.3) is 21.5 Å². The predicted octanol–water partition coefficient (Wildman–Crippen LogP) is 6.44. The van der Waals surface area contributed by atoms with Gasteiger partial charge in [-0.25, -0.2) is 4.79 Å². The molecule has 36 heavy (non-hydrogen) atoms. The normalized spacial score (nSPS) is 14.1. The first-order valence-corrected chi connectivity index (χ1v) is 13.2. The first-order chi connectivity index (χ1) is 17.5. The summed E-state index contributed by atoms with van der Waals surface area (Å²) >= 11 is 1.32. The van der Waals surface area contributed by atoms with Crippen molar-refractivity contribution in [1.82, 2.24) is 9.88 Å². The molecule has 1 saturated carbocycles. The molecular weight excluding hydrogens is 472 g/mol. The number of carboxylic acid groups (broad SMARTS) is 1. The van der Waals surface area contributed by atoms with E-state index in [1.54, 1.807) is 13.2 Å². The molecule has 2 N–H and O–H groups in total. The van der Waals surface area contributed by atoms with Crippen molar-refractivity contribution in [2.24, 2.45) is 0 Å². The number of carbonyl (C=O) groups excluding carboxylic acids is 1. The van der Waals surface area contributed by atoms with E-state index in [1.165, 1.54) is 23.3 Å². The second kappa shape index (κ2) is 10.6. The summed E-state index contributed by atoms with van der Waals surface area (Å²) in [7, 11) is 1.64. The number of fused-ring (bicyclic) bond motifs is 1. The zero-order chi connectivity index (χ0) is 25.1. The van der Waals surface area contributed by atoms with Gasteiger partial charge < -0.3 is 19.7 Å². The molecule has 5 rings (SSSR count). The summed E-state index contributed by atoms with van der Waals surface area (Å²) in [6.45, 7) is 0.564. The number of benzene rings is 2. The molecule has 186 valence electrons. The lowest BCUT2D eigenvalue weighted by Crippen LogP contribution is -2.27. The van der Waals surface area contributed by atoms with Crippen LogP contribution in [0.3, 0.4) is 0 Å². The van der Waals surface area contributed by atoms with Gasteiger partial charge in [0.25, 0.3) is 0 Å². The number of amides is 1. The van der Waals surface area contributed by atoms with Crippen LogP contribution >= 0.6 is 11.3 Å². The Kier molecular flexibility index (Phi) is 7.09. The number of nitrogens with zero attached hydrogens (tertiary/aromatic N) is 1. The predicted molar refractivity (Wildman–Crippen MR) is 143 cm³/mol. The van der Waals surface area contributed by atoms with Crippen LogP contribution in [-0.2, 0) is 17.9 Å². The summed E-state index contributed by atoms with van der Waals surface area (Å²) in [5.74, 6) is 0.0691. The maximum atomic E-state index is 13.2. The summed E-state index contributed by atoms with van der Waals surface area (Å²) in [4.78, 5) is 25.4. The molecule has 1 amide bonds. The maximum Gasteiger partial charge on any atom is 0.345 e. The summed E-state index contributed by atoms with van der Waals surface area (Å²) in [6, 6.07) is 19.5. The van der Waals surface area contributed by atoms with Gasteiger partial charge in [0.1, 0.15) is 17.2 Å². The van der Waals surface area contributed by atoms with Crippen molar-refractivity contribution >= 4 is 33.4 Å². The van der Waals surface area contributed by atoms with Crippen LogP contribution in [0.15, 0.2) is 60.7 Å². The lowest BCUT2D eigenvalue weighted by molar-refractivity contribution is -0.121. The SMILES string of the molecule is COc1ccc(-c2c(C3CCCCC3)c3sc(C(=O)O)cc3n2CC(=O)NCc2ccccc2)cc1. The number of carbonyl (C=O) groups is 2. The van der Waals surface area contributed by atoms with Gasteiger partial charge in [-0.15, -0.1) is 11.3 Å². The fraction of sp³-hybridized carbons (Fsp3) is 0.310. The summed E-state index contributed by atoms with van der Waals surface area (Å²) < 4.78 is 8.38. The first kappa shape index (κ1) is 24.1. The van der Waals surface area contributed by atoms with E-state index in [0.717, 1.165) is 58.5 Å². The summed E-state index contributed by atoms with van der Waals surface area (Å²) in [6.07, 6.45) is 5.69. The highest BCUT2D eigenvalue weighted by Gasteiger charge is 2.29. The van der Waals surface area contributed by atoms with E-state index in [0.29, 0.717) is 17.3 Å². The molecule has 0 saturated heterocycles. The molecular formula is C29H30N2O4S. The van der Waals surface area contributed by atoms with Crippen molar-refractivity contribution < 1.29 is 19.4 Å². The minimum absolute atomic E-state index is 0.108. The van der Waals surface area contributed by atoms with E-state index < -0.39 is 5.97 Å². The van der Waals surface area contributed by atoms with Crippen molar-refractivity contribution in [2.75, 3.05) is 7.11 Å². The second-order valence-corrected chi connectivity index (χ2v) is 10.4. The Hall–Kier alpha value is -3.58. The van der Waals surface area contributed by atoms with Crippen molar-refractivity contribution in [1.29, 1.82) is 0 Å². The van der Waals surface area contributed by atoms with Crippen LogP contribution in [-0.4, -0.2) is 28.7 Å². The number of aromatic carboxylic acids is 1. The Balaban J connectivity index is 1.60. The molecule has 2 aromatic carbocycles. The minimum atomic E-state index is -0.933. The highest BCUT2D eigenvalue weighted by atomic mass is 32.1. The average molecular weight is 503 g/mol. The molecule has 0 radical (unpaired) electrons. The number of ether oxygens (including phenoxy) is 1. The molecule has 1 aliphatic rings. The van der Waals surface area contributed by atoms with Crippen LogP contribution in [0, 0.1) is 0 Å². The molecule has 0 aliphatic heterocycles. The third kappa shape index (κ3) is 4.88. The number of carboxylic acids is 1. The van der Waals surface area contributed by atoms with Crippen LogP contribution in [0.1, 0.15) is 58.8 Å². The van der Waals surface area contributed by atoms with Gasteiger partial charge >= 0.3 is 5.97 Å². The molecule has 2 heterocycles. The molecule has 7 heteroatoms. The van der Waals surface area contributed by atoms with Crippen LogP contribution in [0.4, 0.5) is 0 Å². The molecule has 6 nitrogen and oxygen atoms in total. The lowest BCUT2D eigenvalue weighted by atomic mass is 9.83. The van der Waals surface area contributed by atoms with Gasteiger partial charge in [-0.1, -0.05) is 49.6 Å². The smallest absolute Gasteiger partial charge is 0.345 e. The third-order valence-electron chi connectivity index (χ3n) is 6.99. The van der Waals surface area contributed by atoms with Gasteiger partial charge in [0.2, 0.25) is 5.91 Å². The molecule has 4 aromatic rings. The molecule has 2 aromatic heterocycles. The van der Waals surface area contributed by atoms with E-state index in [-0.39, 0.29) is 12.5 Å². The van der Waals surface area contributed by atoms with Crippen LogP contribution in [0.2, 0.25) is 0 Å². The van der Waals surface area contributed by atoms with Gasteiger partial charge in [0, 0.05) is 6.54 Å². The molecule has 0 spiro atoms. The van der Waals surface area contributed by atoms with Crippen LogP contribution < -0.4 is 10.1 Å². The molecule has 1 aliphatic carbocycles. The van der Waals surface area contributed by atoms with Crippen molar-refractivity contribution in [2.45, 2.75) is 51.1 Å². The zero-order valence-corrected chi connectivity index (χ0v) is 21.1. The molecule has 1 fully saturated rings. The van der Waals surface area contributed by atoms with Gasteiger partial charge in [-0.2, -0.15) is 0 Å². The number of thiophene rings is 1. The topological polar surface area (TPSA) is 80.6 Å². The van der Waals surface area contributed by atoms with Gasteiger partial charge in [0.15, 0.2) is 0 Å².